The molecule has 1 aromatic carbocycles. The van der Waals surface area contributed by atoms with Crippen molar-refractivity contribution in [3.8, 4) is 6.07 Å². The Hall–Kier alpha value is -3.40. The van der Waals surface area contributed by atoms with E-state index >= 15 is 0 Å². The standard InChI is InChI=1S/C17H16N6O/c1-2-19-16-14(5-12(7-18)9-20-16)17(24)21-8-11-3-4-13-10-22-23-15(13)6-11/h3-6,9-10H,2,8H2,1H3,(H,19,20)(H,21,24)(H,22,23). The van der Waals surface area contributed by atoms with Gasteiger partial charge in [0.1, 0.15) is 11.9 Å². The highest BCUT2D eigenvalue weighted by Crippen LogP contribution is 2.15. The van der Waals surface area contributed by atoms with Crippen LogP contribution in [0.5, 0.6) is 0 Å². The Labute approximate surface area is 138 Å². The van der Waals surface area contributed by atoms with Crippen LogP contribution in [-0.2, 0) is 6.54 Å². The largest absolute Gasteiger partial charge is 0.370 e. The summed E-state index contributed by atoms with van der Waals surface area (Å²) in [6.45, 7) is 2.92. The van der Waals surface area contributed by atoms with Crippen molar-refractivity contribution in [1.29, 1.82) is 5.26 Å². The van der Waals surface area contributed by atoms with Crippen molar-refractivity contribution in [3.63, 3.8) is 0 Å². The number of hydrogen-bond donors (Lipinski definition) is 3. The summed E-state index contributed by atoms with van der Waals surface area (Å²) in [7, 11) is 0. The molecule has 7 nitrogen and oxygen atoms in total. The Morgan fingerprint density at radius 1 is 1.33 bits per heavy atom. The van der Waals surface area contributed by atoms with Crippen LogP contribution in [0.1, 0.15) is 28.4 Å². The summed E-state index contributed by atoms with van der Waals surface area (Å²) in [6, 6.07) is 9.37. The van der Waals surface area contributed by atoms with E-state index in [1.807, 2.05) is 31.2 Å². The van der Waals surface area contributed by atoms with Gasteiger partial charge >= 0.3 is 0 Å². The Morgan fingerprint density at radius 3 is 3.00 bits per heavy atom. The van der Waals surface area contributed by atoms with Gasteiger partial charge in [0.05, 0.1) is 22.8 Å². The topological polar surface area (TPSA) is 106 Å². The van der Waals surface area contributed by atoms with Gasteiger partial charge in [-0.3, -0.25) is 9.89 Å². The molecule has 7 heteroatoms. The second-order valence-electron chi connectivity index (χ2n) is 5.24. The van der Waals surface area contributed by atoms with Crippen molar-refractivity contribution in [3.05, 3.63) is 53.3 Å². The zero-order valence-electron chi connectivity index (χ0n) is 13.1. The van der Waals surface area contributed by atoms with E-state index in [0.29, 0.717) is 30.0 Å². The van der Waals surface area contributed by atoms with E-state index in [1.54, 1.807) is 12.3 Å². The molecule has 2 heterocycles. The zero-order valence-corrected chi connectivity index (χ0v) is 13.1. The number of nitrogens with one attached hydrogen (secondary N) is 3. The quantitative estimate of drug-likeness (QED) is 0.668. The minimum Gasteiger partial charge on any atom is -0.370 e. The molecule has 0 aliphatic carbocycles. The molecule has 0 spiro atoms. The van der Waals surface area contributed by atoms with Gasteiger partial charge in [0.25, 0.3) is 5.91 Å². The highest BCUT2D eigenvalue weighted by molar-refractivity contribution is 5.99. The molecule has 3 aromatic rings. The van der Waals surface area contributed by atoms with Crippen molar-refractivity contribution in [2.75, 3.05) is 11.9 Å². The number of amides is 1. The number of aromatic amines is 1. The monoisotopic (exact) mass is 320 g/mol. The van der Waals surface area contributed by atoms with Gasteiger partial charge < -0.3 is 10.6 Å². The van der Waals surface area contributed by atoms with E-state index in [4.69, 9.17) is 5.26 Å². The van der Waals surface area contributed by atoms with E-state index in [2.05, 4.69) is 25.8 Å². The molecule has 0 atom stereocenters. The summed E-state index contributed by atoms with van der Waals surface area (Å²) < 4.78 is 0. The number of anilines is 1. The first-order valence-electron chi connectivity index (χ1n) is 7.55. The number of nitrogens with zero attached hydrogens (tertiary/aromatic N) is 3. The number of hydrogen-bond acceptors (Lipinski definition) is 5. The van der Waals surface area contributed by atoms with Crippen molar-refractivity contribution in [1.82, 2.24) is 20.5 Å². The Bertz CT molecular complexity index is 924. The number of benzene rings is 1. The molecule has 0 aliphatic heterocycles. The lowest BCUT2D eigenvalue weighted by molar-refractivity contribution is 0.0951. The van der Waals surface area contributed by atoms with Crippen LogP contribution in [0.3, 0.4) is 0 Å². The lowest BCUT2D eigenvalue weighted by Gasteiger charge is -2.10. The molecule has 0 aliphatic rings. The summed E-state index contributed by atoms with van der Waals surface area (Å²) in [6.07, 6.45) is 3.19. The van der Waals surface area contributed by atoms with E-state index in [-0.39, 0.29) is 5.91 Å². The average Bonchev–Trinajstić information content (AvgIpc) is 3.08. The lowest BCUT2D eigenvalue weighted by atomic mass is 10.1. The minimum absolute atomic E-state index is 0.278. The first kappa shape index (κ1) is 15.5. The molecule has 0 radical (unpaired) electrons. The molecule has 0 fully saturated rings. The molecule has 24 heavy (non-hydrogen) atoms. The van der Waals surface area contributed by atoms with Crippen molar-refractivity contribution >= 4 is 22.6 Å². The highest BCUT2D eigenvalue weighted by atomic mass is 16.1. The lowest BCUT2D eigenvalue weighted by Crippen LogP contribution is -2.24. The predicted molar refractivity (Wildman–Crippen MR) is 90.4 cm³/mol. The summed E-state index contributed by atoms with van der Waals surface area (Å²) in [5.74, 6) is 0.193. The summed E-state index contributed by atoms with van der Waals surface area (Å²) in [4.78, 5) is 16.6. The molecule has 0 unspecified atom stereocenters. The van der Waals surface area contributed by atoms with Gasteiger partial charge in [-0.25, -0.2) is 4.98 Å². The number of pyridine rings is 1. The Morgan fingerprint density at radius 2 is 2.21 bits per heavy atom. The van der Waals surface area contributed by atoms with Crippen molar-refractivity contribution in [2.45, 2.75) is 13.5 Å². The second-order valence-corrected chi connectivity index (χ2v) is 5.24. The number of fused-ring (bicyclic) bond motifs is 1. The van der Waals surface area contributed by atoms with E-state index in [9.17, 15) is 4.79 Å². The maximum atomic E-state index is 12.5. The number of carbonyl (C=O) groups is 1. The number of aromatic nitrogens is 3. The van der Waals surface area contributed by atoms with E-state index < -0.39 is 0 Å². The summed E-state index contributed by atoms with van der Waals surface area (Å²) in [5, 5.41) is 22.8. The van der Waals surface area contributed by atoms with Crippen LogP contribution in [0, 0.1) is 11.3 Å². The smallest absolute Gasteiger partial charge is 0.255 e. The molecule has 0 saturated carbocycles. The van der Waals surface area contributed by atoms with Crippen LogP contribution in [0.2, 0.25) is 0 Å². The number of rotatable bonds is 5. The third kappa shape index (κ3) is 3.17. The van der Waals surface area contributed by atoms with Gasteiger partial charge in [-0.15, -0.1) is 0 Å². The first-order chi connectivity index (χ1) is 11.7. The van der Waals surface area contributed by atoms with E-state index in [1.165, 1.54) is 6.20 Å². The van der Waals surface area contributed by atoms with Gasteiger partial charge in [0, 0.05) is 24.7 Å². The third-order valence-corrected chi connectivity index (χ3v) is 3.57. The molecule has 120 valence electrons. The van der Waals surface area contributed by atoms with Crippen LogP contribution < -0.4 is 10.6 Å². The fourth-order valence-corrected chi connectivity index (χ4v) is 2.38. The highest BCUT2D eigenvalue weighted by Gasteiger charge is 2.13. The predicted octanol–water partition coefficient (Wildman–Crippen LogP) is 2.19. The Kier molecular flexibility index (Phi) is 4.38. The average molecular weight is 320 g/mol. The van der Waals surface area contributed by atoms with Crippen LogP contribution in [0.25, 0.3) is 10.9 Å². The maximum Gasteiger partial charge on any atom is 0.255 e. The van der Waals surface area contributed by atoms with Gasteiger partial charge in [-0.05, 0) is 24.6 Å². The van der Waals surface area contributed by atoms with Gasteiger partial charge in [-0.1, -0.05) is 12.1 Å². The molecule has 0 bridgehead atoms. The van der Waals surface area contributed by atoms with Crippen LogP contribution in [0.15, 0.2) is 36.7 Å². The van der Waals surface area contributed by atoms with Gasteiger partial charge in [0.2, 0.25) is 0 Å². The first-order valence-corrected chi connectivity index (χ1v) is 7.55. The second kappa shape index (κ2) is 6.79. The summed E-state index contributed by atoms with van der Waals surface area (Å²) >= 11 is 0. The maximum absolute atomic E-state index is 12.5. The molecule has 1 amide bonds. The Balaban J connectivity index is 1.77. The van der Waals surface area contributed by atoms with Crippen LogP contribution in [0.4, 0.5) is 5.82 Å². The molecular formula is C17H16N6O. The minimum atomic E-state index is -0.278. The van der Waals surface area contributed by atoms with E-state index in [0.717, 1.165) is 16.5 Å². The van der Waals surface area contributed by atoms with Gasteiger partial charge in [-0.2, -0.15) is 10.4 Å². The number of H-pyrrole nitrogens is 1. The molecule has 0 saturated heterocycles. The molecular weight excluding hydrogens is 304 g/mol. The van der Waals surface area contributed by atoms with Crippen molar-refractivity contribution in [2.24, 2.45) is 0 Å². The molecule has 3 rings (SSSR count). The SMILES string of the molecule is CCNc1ncc(C#N)cc1C(=O)NCc1ccc2cn[nH]c2c1. The zero-order chi connectivity index (χ0) is 16.9. The van der Waals surface area contributed by atoms with Gasteiger partial charge in [0.15, 0.2) is 0 Å². The van der Waals surface area contributed by atoms with Crippen molar-refractivity contribution < 1.29 is 4.79 Å². The van der Waals surface area contributed by atoms with Crippen LogP contribution >= 0.6 is 0 Å². The fourth-order valence-electron chi connectivity index (χ4n) is 2.38. The number of nitriles is 1. The molecule has 3 N–H and O–H groups in total. The third-order valence-electron chi connectivity index (χ3n) is 3.57. The summed E-state index contributed by atoms with van der Waals surface area (Å²) in [5.41, 5.74) is 2.58. The fraction of sp³-hybridized carbons (Fsp3) is 0.176. The number of carbonyl (C=O) groups excluding carboxylic acids is 1. The molecule has 2 aromatic heterocycles. The normalized spacial score (nSPS) is 10.3. The van der Waals surface area contributed by atoms with Crippen LogP contribution in [-0.4, -0.2) is 27.6 Å².